The molecule has 0 aliphatic heterocycles. The summed E-state index contributed by atoms with van der Waals surface area (Å²) in [5.41, 5.74) is 1.07. The van der Waals surface area contributed by atoms with Crippen LogP contribution in [0.15, 0.2) is 60.7 Å². The lowest BCUT2D eigenvalue weighted by molar-refractivity contribution is 0.0993. The fraction of sp³-hybridized carbons (Fsp3) is 0.0556. The van der Waals surface area contributed by atoms with E-state index >= 15 is 0 Å². The summed E-state index contributed by atoms with van der Waals surface area (Å²) in [5.74, 6) is -0.456. The second-order valence-corrected chi connectivity index (χ2v) is 4.90. The minimum Gasteiger partial charge on any atom is -0.507 e. The van der Waals surface area contributed by atoms with Gasteiger partial charge in [-0.3, -0.25) is 4.79 Å². The van der Waals surface area contributed by atoms with Crippen LogP contribution in [-0.2, 0) is 6.42 Å². The first-order valence-electron chi connectivity index (χ1n) is 6.63. The number of ketones is 1. The molecule has 0 aliphatic carbocycles. The topological polar surface area (TPSA) is 37.3 Å². The number of phenols is 1. The molecule has 0 saturated heterocycles. The van der Waals surface area contributed by atoms with Crippen molar-refractivity contribution in [3.63, 3.8) is 0 Å². The zero-order valence-corrected chi connectivity index (χ0v) is 11.2. The summed E-state index contributed by atoms with van der Waals surface area (Å²) in [4.78, 5) is 12.3. The van der Waals surface area contributed by atoms with Gasteiger partial charge in [-0.2, -0.15) is 0 Å². The van der Waals surface area contributed by atoms with Crippen molar-refractivity contribution >= 4 is 16.6 Å². The van der Waals surface area contributed by atoms with Crippen molar-refractivity contribution in [2.24, 2.45) is 0 Å². The normalized spacial score (nSPS) is 10.7. The Bertz CT molecular complexity index is 819. The van der Waals surface area contributed by atoms with Gasteiger partial charge in [-0.25, -0.2) is 4.39 Å². The van der Waals surface area contributed by atoms with Crippen LogP contribution >= 0.6 is 0 Å². The molecular formula is C18H13FO2. The van der Waals surface area contributed by atoms with E-state index in [2.05, 4.69) is 0 Å². The Morgan fingerprint density at radius 1 is 1.00 bits per heavy atom. The molecule has 3 rings (SSSR count). The van der Waals surface area contributed by atoms with Crippen molar-refractivity contribution in [3.8, 4) is 5.75 Å². The van der Waals surface area contributed by atoms with Crippen molar-refractivity contribution in [2.75, 3.05) is 0 Å². The van der Waals surface area contributed by atoms with E-state index in [4.69, 9.17) is 0 Å². The maximum Gasteiger partial charge on any atom is 0.167 e. The molecule has 3 heteroatoms. The minimum absolute atomic E-state index is 0.123. The zero-order valence-electron chi connectivity index (χ0n) is 11.2. The lowest BCUT2D eigenvalue weighted by Crippen LogP contribution is -2.04. The minimum atomic E-state index is -0.429. The average molecular weight is 280 g/mol. The third kappa shape index (κ3) is 2.63. The molecule has 3 aromatic carbocycles. The van der Waals surface area contributed by atoms with Crippen LogP contribution in [0.2, 0.25) is 0 Å². The number of hydrogen-bond donors (Lipinski definition) is 1. The summed E-state index contributed by atoms with van der Waals surface area (Å²) >= 11 is 0. The Morgan fingerprint density at radius 3 is 2.48 bits per heavy atom. The van der Waals surface area contributed by atoms with E-state index in [9.17, 15) is 14.3 Å². The Balaban J connectivity index is 2.01. The molecule has 21 heavy (non-hydrogen) atoms. The standard InChI is InChI=1S/C18H13FO2/c19-15-8-2-6-13(10-15)17(21)11-14-7-1-4-12-5-3-9-16(20)18(12)14/h1-10,20H,11H2. The van der Waals surface area contributed by atoms with Crippen molar-refractivity contribution in [1.82, 2.24) is 0 Å². The van der Waals surface area contributed by atoms with E-state index < -0.39 is 5.82 Å². The van der Waals surface area contributed by atoms with E-state index in [0.717, 1.165) is 10.9 Å². The van der Waals surface area contributed by atoms with Crippen LogP contribution in [-0.4, -0.2) is 10.9 Å². The van der Waals surface area contributed by atoms with Crippen molar-refractivity contribution in [1.29, 1.82) is 0 Å². The molecular weight excluding hydrogens is 267 g/mol. The van der Waals surface area contributed by atoms with Gasteiger partial charge in [0.1, 0.15) is 11.6 Å². The lowest BCUT2D eigenvalue weighted by Gasteiger charge is -2.08. The monoisotopic (exact) mass is 280 g/mol. The van der Waals surface area contributed by atoms with Gasteiger partial charge < -0.3 is 5.11 Å². The first kappa shape index (κ1) is 13.3. The molecule has 3 aromatic rings. The van der Waals surface area contributed by atoms with Gasteiger partial charge in [-0.1, -0.05) is 42.5 Å². The molecule has 0 aliphatic rings. The Labute approximate surface area is 121 Å². The number of hydrogen-bond acceptors (Lipinski definition) is 2. The summed E-state index contributed by atoms with van der Waals surface area (Å²) in [5, 5.41) is 11.6. The van der Waals surface area contributed by atoms with E-state index in [0.29, 0.717) is 10.9 Å². The highest BCUT2D eigenvalue weighted by atomic mass is 19.1. The van der Waals surface area contributed by atoms with Crippen LogP contribution in [0.25, 0.3) is 10.8 Å². The summed E-state index contributed by atoms with van der Waals surface area (Å²) in [7, 11) is 0. The SMILES string of the molecule is O=C(Cc1cccc2cccc(O)c12)c1cccc(F)c1. The van der Waals surface area contributed by atoms with Gasteiger partial charge in [0.2, 0.25) is 0 Å². The summed E-state index contributed by atoms with van der Waals surface area (Å²) < 4.78 is 13.2. The molecule has 0 spiro atoms. The zero-order chi connectivity index (χ0) is 14.8. The number of aromatic hydroxyl groups is 1. The molecule has 1 N–H and O–H groups in total. The molecule has 0 heterocycles. The van der Waals surface area contributed by atoms with Gasteiger partial charge in [0.15, 0.2) is 5.78 Å². The van der Waals surface area contributed by atoms with E-state index in [1.165, 1.54) is 18.2 Å². The molecule has 0 atom stereocenters. The molecule has 2 nitrogen and oxygen atoms in total. The highest BCUT2D eigenvalue weighted by Gasteiger charge is 2.12. The van der Waals surface area contributed by atoms with Crippen LogP contribution in [0.1, 0.15) is 15.9 Å². The van der Waals surface area contributed by atoms with Gasteiger partial charge in [0, 0.05) is 17.4 Å². The number of phenolic OH excluding ortho intramolecular Hbond substituents is 1. The summed E-state index contributed by atoms with van der Waals surface area (Å²) in [6.45, 7) is 0. The number of carbonyl (C=O) groups excluding carboxylic acids is 1. The van der Waals surface area contributed by atoms with Gasteiger partial charge >= 0.3 is 0 Å². The van der Waals surface area contributed by atoms with E-state index in [-0.39, 0.29) is 18.0 Å². The van der Waals surface area contributed by atoms with Crippen LogP contribution < -0.4 is 0 Å². The Morgan fingerprint density at radius 2 is 1.71 bits per heavy atom. The van der Waals surface area contributed by atoms with Crippen molar-refractivity contribution in [2.45, 2.75) is 6.42 Å². The summed E-state index contributed by atoms with van der Waals surface area (Å²) in [6, 6.07) is 16.4. The lowest BCUT2D eigenvalue weighted by atomic mass is 9.97. The van der Waals surface area contributed by atoms with Crippen molar-refractivity contribution < 1.29 is 14.3 Å². The molecule has 0 unspecified atom stereocenters. The third-order valence-corrected chi connectivity index (χ3v) is 3.47. The fourth-order valence-corrected chi connectivity index (χ4v) is 2.48. The van der Waals surface area contributed by atoms with Crippen molar-refractivity contribution in [3.05, 3.63) is 77.6 Å². The van der Waals surface area contributed by atoms with E-state index in [1.807, 2.05) is 18.2 Å². The van der Waals surface area contributed by atoms with Crippen LogP contribution in [0.4, 0.5) is 4.39 Å². The highest BCUT2D eigenvalue weighted by molar-refractivity contribution is 6.01. The second-order valence-electron chi connectivity index (χ2n) is 4.90. The highest BCUT2D eigenvalue weighted by Crippen LogP contribution is 2.28. The predicted molar refractivity (Wildman–Crippen MR) is 80.0 cm³/mol. The maximum absolute atomic E-state index is 13.2. The second kappa shape index (κ2) is 5.37. The molecule has 0 amide bonds. The quantitative estimate of drug-likeness (QED) is 0.733. The average Bonchev–Trinajstić information content (AvgIpc) is 2.47. The van der Waals surface area contributed by atoms with E-state index in [1.54, 1.807) is 24.3 Å². The number of benzene rings is 3. The number of carbonyl (C=O) groups is 1. The molecule has 0 bridgehead atoms. The molecule has 0 saturated carbocycles. The largest absolute Gasteiger partial charge is 0.507 e. The van der Waals surface area contributed by atoms with Crippen LogP contribution in [0, 0.1) is 5.82 Å². The maximum atomic E-state index is 13.2. The van der Waals surface area contributed by atoms with Crippen LogP contribution in [0.3, 0.4) is 0 Å². The van der Waals surface area contributed by atoms with Crippen LogP contribution in [0.5, 0.6) is 5.75 Å². The molecule has 104 valence electrons. The first-order valence-corrected chi connectivity index (χ1v) is 6.63. The number of rotatable bonds is 3. The molecule has 0 fully saturated rings. The fourth-order valence-electron chi connectivity index (χ4n) is 2.48. The first-order chi connectivity index (χ1) is 10.1. The number of halogens is 1. The molecule has 0 radical (unpaired) electrons. The number of Topliss-reactive ketones (excluding diaryl/α,β-unsaturated/α-hetero) is 1. The smallest absolute Gasteiger partial charge is 0.167 e. The van der Waals surface area contributed by atoms with Gasteiger partial charge in [-0.05, 0) is 29.1 Å². The molecule has 0 aromatic heterocycles. The third-order valence-electron chi connectivity index (χ3n) is 3.47. The number of fused-ring (bicyclic) bond motifs is 1. The Hall–Kier alpha value is -2.68. The van der Waals surface area contributed by atoms with Gasteiger partial charge in [-0.15, -0.1) is 0 Å². The van der Waals surface area contributed by atoms with Gasteiger partial charge in [0.25, 0.3) is 0 Å². The predicted octanol–water partition coefficient (Wildman–Crippen LogP) is 4.11. The Kier molecular flexibility index (Phi) is 3.40. The van der Waals surface area contributed by atoms with Gasteiger partial charge in [0.05, 0.1) is 0 Å². The summed E-state index contributed by atoms with van der Waals surface area (Å²) in [6.07, 6.45) is 0.123.